The van der Waals surface area contributed by atoms with Crippen LogP contribution in [0.2, 0.25) is 0 Å². The summed E-state index contributed by atoms with van der Waals surface area (Å²) in [7, 11) is 1.70. The molecule has 1 N–H and O–H groups in total. The van der Waals surface area contributed by atoms with Gasteiger partial charge in [0.25, 0.3) is 0 Å². The molecule has 0 bridgehead atoms. The Kier molecular flexibility index (Phi) is 4.35. The van der Waals surface area contributed by atoms with E-state index in [2.05, 4.69) is 15.2 Å². The van der Waals surface area contributed by atoms with Crippen LogP contribution in [0.1, 0.15) is 43.3 Å². The van der Waals surface area contributed by atoms with Gasteiger partial charge in [-0.05, 0) is 19.3 Å². The summed E-state index contributed by atoms with van der Waals surface area (Å²) in [5.74, 6) is -1.36. The Labute approximate surface area is 133 Å². The third-order valence-electron chi connectivity index (χ3n) is 4.67. The number of H-pyrrole nitrogens is 1. The van der Waals surface area contributed by atoms with E-state index >= 15 is 0 Å². The number of aromatic nitrogens is 3. The molecule has 1 aliphatic heterocycles. The molecule has 2 heterocycles. The van der Waals surface area contributed by atoms with E-state index < -0.39 is 5.92 Å². The smallest absolute Gasteiger partial charge is 0.248 e. The molecule has 0 aromatic carbocycles. The molecule has 23 heavy (non-hydrogen) atoms. The first-order chi connectivity index (χ1) is 10.8. The molecule has 1 saturated heterocycles. The molecule has 0 spiro atoms. The molecule has 2 atom stereocenters. The summed E-state index contributed by atoms with van der Waals surface area (Å²) in [4.78, 5) is 18.1. The monoisotopic (exact) mass is 328 g/mol. The molecule has 6 nitrogen and oxygen atoms in total. The van der Waals surface area contributed by atoms with Gasteiger partial charge in [0, 0.05) is 39.5 Å². The zero-order valence-corrected chi connectivity index (χ0v) is 13.4. The van der Waals surface area contributed by atoms with Crippen LogP contribution in [0.25, 0.3) is 0 Å². The number of nitrogens with one attached hydrogen (secondary N) is 1. The van der Waals surface area contributed by atoms with Gasteiger partial charge in [0.1, 0.15) is 5.82 Å². The van der Waals surface area contributed by atoms with Crippen LogP contribution in [0.3, 0.4) is 0 Å². The van der Waals surface area contributed by atoms with Crippen molar-refractivity contribution in [1.29, 1.82) is 0 Å². The Morgan fingerprint density at radius 2 is 2.22 bits per heavy atom. The molecular formula is C15H22F2N4O2. The zero-order chi connectivity index (χ0) is 16.6. The largest absolute Gasteiger partial charge is 0.376 e. The molecule has 1 saturated carbocycles. The first-order valence-electron chi connectivity index (χ1n) is 7.96. The standard InChI is InChI=1S/C15H22F2N4O2/c1-9-18-14(20-19-9)11-3-4-23-12(11)8-21(2)13(22)5-10-6-15(16,17)7-10/h10-12H,3-8H2,1-2H3,(H,18,19,20)/t11-,12-/m1/s1. The first kappa shape index (κ1) is 16.3. The number of alkyl halides is 2. The van der Waals surface area contributed by atoms with Crippen molar-refractivity contribution < 1.29 is 18.3 Å². The quantitative estimate of drug-likeness (QED) is 0.896. The number of halogens is 2. The summed E-state index contributed by atoms with van der Waals surface area (Å²) in [6.07, 6.45) is 0.501. The minimum atomic E-state index is -2.58. The lowest BCUT2D eigenvalue weighted by molar-refractivity contribution is -0.142. The highest BCUT2D eigenvalue weighted by molar-refractivity contribution is 5.76. The van der Waals surface area contributed by atoms with E-state index in [1.807, 2.05) is 6.92 Å². The average molecular weight is 328 g/mol. The second-order valence-corrected chi connectivity index (χ2v) is 6.69. The van der Waals surface area contributed by atoms with Crippen LogP contribution in [-0.4, -0.2) is 58.2 Å². The molecule has 1 aromatic heterocycles. The minimum Gasteiger partial charge on any atom is -0.376 e. The van der Waals surface area contributed by atoms with E-state index in [1.54, 1.807) is 11.9 Å². The maximum atomic E-state index is 12.8. The highest BCUT2D eigenvalue weighted by atomic mass is 19.3. The number of hydrogen-bond donors (Lipinski definition) is 1. The molecule has 0 radical (unpaired) electrons. The molecule has 8 heteroatoms. The van der Waals surface area contributed by atoms with Crippen LogP contribution in [-0.2, 0) is 9.53 Å². The number of aryl methyl sites for hydroxylation is 1. The van der Waals surface area contributed by atoms with Gasteiger partial charge in [-0.1, -0.05) is 0 Å². The number of hydrogen-bond acceptors (Lipinski definition) is 4. The Balaban J connectivity index is 1.52. The highest BCUT2D eigenvalue weighted by Gasteiger charge is 2.46. The number of carbonyl (C=O) groups is 1. The molecule has 1 aliphatic carbocycles. The van der Waals surface area contributed by atoms with Gasteiger partial charge >= 0.3 is 0 Å². The Morgan fingerprint density at radius 3 is 2.83 bits per heavy atom. The average Bonchev–Trinajstić information content (AvgIpc) is 3.05. The number of likely N-dealkylation sites (N-methyl/N-ethyl adjacent to an activating group) is 1. The molecular weight excluding hydrogens is 306 g/mol. The molecule has 3 rings (SSSR count). The van der Waals surface area contributed by atoms with Gasteiger partial charge in [-0.2, -0.15) is 5.10 Å². The van der Waals surface area contributed by atoms with Gasteiger partial charge in [-0.15, -0.1) is 0 Å². The predicted octanol–water partition coefficient (Wildman–Crippen LogP) is 1.88. The fraction of sp³-hybridized carbons (Fsp3) is 0.800. The van der Waals surface area contributed by atoms with Crippen LogP contribution in [0, 0.1) is 12.8 Å². The molecule has 0 unspecified atom stereocenters. The Morgan fingerprint density at radius 1 is 1.48 bits per heavy atom. The van der Waals surface area contributed by atoms with E-state index in [9.17, 15) is 13.6 Å². The maximum Gasteiger partial charge on any atom is 0.248 e. The molecule has 1 amide bonds. The number of ether oxygens (including phenoxy) is 1. The summed E-state index contributed by atoms with van der Waals surface area (Å²) in [6.45, 7) is 2.88. The predicted molar refractivity (Wildman–Crippen MR) is 78.1 cm³/mol. The van der Waals surface area contributed by atoms with Crippen LogP contribution in [0.4, 0.5) is 8.78 Å². The van der Waals surface area contributed by atoms with E-state index in [-0.39, 0.29) is 43.1 Å². The number of amides is 1. The van der Waals surface area contributed by atoms with Gasteiger partial charge in [-0.25, -0.2) is 13.8 Å². The molecule has 2 fully saturated rings. The van der Waals surface area contributed by atoms with Crippen molar-refractivity contribution in [2.75, 3.05) is 20.2 Å². The van der Waals surface area contributed by atoms with Crippen molar-refractivity contribution in [1.82, 2.24) is 20.1 Å². The topological polar surface area (TPSA) is 71.1 Å². The van der Waals surface area contributed by atoms with Crippen molar-refractivity contribution in [3.8, 4) is 0 Å². The molecule has 1 aromatic rings. The third-order valence-corrected chi connectivity index (χ3v) is 4.67. The molecule has 2 aliphatic rings. The van der Waals surface area contributed by atoms with Crippen LogP contribution < -0.4 is 0 Å². The van der Waals surface area contributed by atoms with Crippen LogP contribution in [0.15, 0.2) is 0 Å². The third kappa shape index (κ3) is 3.68. The van der Waals surface area contributed by atoms with E-state index in [0.717, 1.165) is 12.2 Å². The van der Waals surface area contributed by atoms with Crippen molar-refractivity contribution in [2.24, 2.45) is 5.92 Å². The summed E-state index contributed by atoms with van der Waals surface area (Å²) in [6, 6.07) is 0. The summed E-state index contributed by atoms with van der Waals surface area (Å²) >= 11 is 0. The van der Waals surface area contributed by atoms with Crippen LogP contribution >= 0.6 is 0 Å². The SMILES string of the molecule is Cc1nc([C@@H]2CCO[C@@H]2CN(C)C(=O)CC2CC(F)(F)C2)n[nH]1. The van der Waals surface area contributed by atoms with E-state index in [4.69, 9.17) is 4.74 Å². The fourth-order valence-electron chi connectivity index (χ4n) is 3.35. The number of carbonyl (C=O) groups excluding carboxylic acids is 1. The number of rotatable bonds is 5. The van der Waals surface area contributed by atoms with Crippen molar-refractivity contribution in [3.63, 3.8) is 0 Å². The zero-order valence-electron chi connectivity index (χ0n) is 13.4. The van der Waals surface area contributed by atoms with Gasteiger partial charge in [0.2, 0.25) is 11.8 Å². The molecule has 128 valence electrons. The Bertz CT molecular complexity index is 570. The van der Waals surface area contributed by atoms with Gasteiger partial charge in [0.05, 0.1) is 12.0 Å². The number of nitrogens with zero attached hydrogens (tertiary/aromatic N) is 3. The lowest BCUT2D eigenvalue weighted by atomic mass is 9.79. The van der Waals surface area contributed by atoms with E-state index in [1.165, 1.54) is 0 Å². The van der Waals surface area contributed by atoms with Crippen molar-refractivity contribution in [2.45, 2.75) is 50.6 Å². The maximum absolute atomic E-state index is 12.8. The normalized spacial score (nSPS) is 27.0. The van der Waals surface area contributed by atoms with Crippen molar-refractivity contribution in [3.05, 3.63) is 11.6 Å². The lowest BCUT2D eigenvalue weighted by Crippen LogP contribution is -2.41. The lowest BCUT2D eigenvalue weighted by Gasteiger charge is -2.35. The van der Waals surface area contributed by atoms with Gasteiger partial charge in [-0.3, -0.25) is 9.89 Å². The van der Waals surface area contributed by atoms with Crippen LogP contribution in [0.5, 0.6) is 0 Å². The highest BCUT2D eigenvalue weighted by Crippen LogP contribution is 2.44. The second kappa shape index (κ2) is 6.14. The van der Waals surface area contributed by atoms with Gasteiger partial charge < -0.3 is 9.64 Å². The first-order valence-corrected chi connectivity index (χ1v) is 7.96. The van der Waals surface area contributed by atoms with Gasteiger partial charge in [0.15, 0.2) is 5.82 Å². The Hall–Kier alpha value is -1.57. The number of aromatic amines is 1. The van der Waals surface area contributed by atoms with Crippen molar-refractivity contribution >= 4 is 5.91 Å². The minimum absolute atomic E-state index is 0.0586. The second-order valence-electron chi connectivity index (χ2n) is 6.69. The van der Waals surface area contributed by atoms with E-state index in [0.29, 0.717) is 19.0 Å². The summed E-state index contributed by atoms with van der Waals surface area (Å²) in [5, 5.41) is 7.01. The summed E-state index contributed by atoms with van der Waals surface area (Å²) < 4.78 is 31.4. The summed E-state index contributed by atoms with van der Waals surface area (Å²) in [5.41, 5.74) is 0. The fourth-order valence-corrected chi connectivity index (χ4v) is 3.35.